The van der Waals surface area contributed by atoms with Gasteiger partial charge in [0, 0.05) is 6.04 Å². The van der Waals surface area contributed by atoms with E-state index in [2.05, 4.69) is 11.4 Å². The molecule has 1 aromatic rings. The second-order valence-electron chi connectivity index (χ2n) is 5.41. The highest BCUT2D eigenvalue weighted by Crippen LogP contribution is 2.37. The van der Waals surface area contributed by atoms with E-state index in [9.17, 15) is 9.59 Å². The van der Waals surface area contributed by atoms with Crippen molar-refractivity contribution in [3.8, 4) is 0 Å². The zero-order chi connectivity index (χ0) is 14.1. The quantitative estimate of drug-likeness (QED) is 0.894. The lowest BCUT2D eigenvalue weighted by molar-refractivity contribution is -0.146. The van der Waals surface area contributed by atoms with Gasteiger partial charge in [0.1, 0.15) is 5.25 Å². The van der Waals surface area contributed by atoms with E-state index >= 15 is 0 Å². The van der Waals surface area contributed by atoms with Crippen LogP contribution in [0.15, 0.2) is 24.3 Å². The first-order valence-electron chi connectivity index (χ1n) is 6.87. The Labute approximate surface area is 121 Å². The van der Waals surface area contributed by atoms with Gasteiger partial charge in [-0.2, -0.15) is 0 Å². The number of carboxylic acid groups (broad SMARTS) is 1. The van der Waals surface area contributed by atoms with Gasteiger partial charge in [0.05, 0.1) is 5.92 Å². The van der Waals surface area contributed by atoms with Crippen LogP contribution in [0.25, 0.3) is 0 Å². The number of hydrogen-bond donors (Lipinski definition) is 2. The second-order valence-corrected chi connectivity index (χ2v) is 6.62. The fourth-order valence-corrected chi connectivity index (χ4v) is 4.03. The first-order valence-corrected chi connectivity index (χ1v) is 7.92. The van der Waals surface area contributed by atoms with Gasteiger partial charge >= 0.3 is 5.97 Å². The molecule has 0 spiro atoms. The molecule has 1 atom stereocenters. The summed E-state index contributed by atoms with van der Waals surface area (Å²) in [7, 11) is 0. The summed E-state index contributed by atoms with van der Waals surface area (Å²) in [5.74, 6) is -0.0622. The lowest BCUT2D eigenvalue weighted by atomic mass is 9.80. The molecule has 0 bridgehead atoms. The average Bonchev–Trinajstić information content (AvgIpc) is 2.41. The number of aliphatic carboxylic acids is 1. The number of rotatable bonds is 3. The highest BCUT2D eigenvalue weighted by atomic mass is 32.2. The molecule has 5 heteroatoms. The third kappa shape index (κ3) is 2.54. The SMILES string of the molecule is O=C(O)C1CC(NC(=O)C2SCCc3ccccc32)C1. The van der Waals surface area contributed by atoms with Gasteiger partial charge in [-0.3, -0.25) is 9.59 Å². The van der Waals surface area contributed by atoms with E-state index in [-0.39, 0.29) is 23.1 Å². The van der Waals surface area contributed by atoms with Crippen molar-refractivity contribution in [3.63, 3.8) is 0 Å². The summed E-state index contributed by atoms with van der Waals surface area (Å²) < 4.78 is 0. The maximum absolute atomic E-state index is 12.4. The minimum Gasteiger partial charge on any atom is -0.481 e. The molecule has 2 aliphatic rings. The minimum atomic E-state index is -0.757. The Kier molecular flexibility index (Phi) is 3.70. The number of nitrogens with one attached hydrogen (secondary N) is 1. The molecule has 1 aliphatic carbocycles. The van der Waals surface area contributed by atoms with Crippen molar-refractivity contribution in [1.29, 1.82) is 0 Å². The van der Waals surface area contributed by atoms with Gasteiger partial charge in [0.25, 0.3) is 0 Å². The average molecular weight is 291 g/mol. The summed E-state index contributed by atoms with van der Waals surface area (Å²) in [6.07, 6.45) is 2.12. The Morgan fingerprint density at radius 1 is 1.25 bits per heavy atom. The smallest absolute Gasteiger partial charge is 0.306 e. The van der Waals surface area contributed by atoms with E-state index in [4.69, 9.17) is 5.11 Å². The van der Waals surface area contributed by atoms with Gasteiger partial charge in [-0.1, -0.05) is 24.3 Å². The van der Waals surface area contributed by atoms with Gasteiger partial charge < -0.3 is 10.4 Å². The fourth-order valence-electron chi connectivity index (χ4n) is 2.83. The maximum atomic E-state index is 12.4. The molecule has 1 aliphatic heterocycles. The summed E-state index contributed by atoms with van der Waals surface area (Å²) in [6.45, 7) is 0. The molecular weight excluding hydrogens is 274 g/mol. The van der Waals surface area contributed by atoms with Gasteiger partial charge in [0.15, 0.2) is 0 Å². The van der Waals surface area contributed by atoms with Crippen LogP contribution in [-0.4, -0.2) is 28.8 Å². The van der Waals surface area contributed by atoms with E-state index < -0.39 is 5.97 Å². The predicted octanol–water partition coefficient (Wildman–Crippen LogP) is 2.00. The highest BCUT2D eigenvalue weighted by Gasteiger charge is 2.37. The van der Waals surface area contributed by atoms with Gasteiger partial charge in [-0.15, -0.1) is 11.8 Å². The molecule has 2 N–H and O–H groups in total. The maximum Gasteiger partial charge on any atom is 0.306 e. The molecular formula is C15H17NO3S. The molecule has 0 saturated heterocycles. The standard InChI is InChI=1S/C15H17NO3S/c17-14(16-11-7-10(8-11)15(18)19)13-12-4-2-1-3-9(12)5-6-20-13/h1-4,10-11,13H,5-8H2,(H,16,17)(H,18,19). The third-order valence-corrected chi connectivity index (χ3v) is 5.31. The van der Waals surface area contributed by atoms with Gasteiger partial charge in [0.2, 0.25) is 5.91 Å². The molecule has 106 valence electrons. The molecule has 3 rings (SSSR count). The summed E-state index contributed by atoms with van der Waals surface area (Å²) in [5, 5.41) is 11.7. The number of hydrogen-bond acceptors (Lipinski definition) is 3. The number of carbonyl (C=O) groups is 2. The Morgan fingerprint density at radius 2 is 2.00 bits per heavy atom. The topological polar surface area (TPSA) is 66.4 Å². The van der Waals surface area contributed by atoms with Crippen LogP contribution in [0.5, 0.6) is 0 Å². The number of fused-ring (bicyclic) bond motifs is 1. The van der Waals surface area contributed by atoms with Crippen LogP contribution in [-0.2, 0) is 16.0 Å². The molecule has 1 aromatic carbocycles. The number of benzene rings is 1. The molecule has 20 heavy (non-hydrogen) atoms. The normalized spacial score (nSPS) is 28.1. The third-order valence-electron chi connectivity index (χ3n) is 4.07. The van der Waals surface area contributed by atoms with E-state index in [0.717, 1.165) is 17.7 Å². The van der Waals surface area contributed by atoms with E-state index in [1.165, 1.54) is 5.56 Å². The zero-order valence-electron chi connectivity index (χ0n) is 11.0. The van der Waals surface area contributed by atoms with E-state index in [0.29, 0.717) is 12.8 Å². The molecule has 1 amide bonds. The van der Waals surface area contributed by atoms with Crippen molar-refractivity contribution in [3.05, 3.63) is 35.4 Å². The molecule has 0 radical (unpaired) electrons. The molecule has 4 nitrogen and oxygen atoms in total. The van der Waals surface area contributed by atoms with Crippen LogP contribution in [0.3, 0.4) is 0 Å². The lowest BCUT2D eigenvalue weighted by Crippen LogP contribution is -2.48. The Hall–Kier alpha value is -1.49. The Morgan fingerprint density at radius 3 is 2.75 bits per heavy atom. The second kappa shape index (κ2) is 5.48. The van der Waals surface area contributed by atoms with Crippen LogP contribution in [0, 0.1) is 5.92 Å². The van der Waals surface area contributed by atoms with Crippen molar-refractivity contribution >= 4 is 23.6 Å². The number of carboxylic acids is 1. The highest BCUT2D eigenvalue weighted by molar-refractivity contribution is 8.00. The zero-order valence-corrected chi connectivity index (χ0v) is 11.9. The van der Waals surface area contributed by atoms with Crippen molar-refractivity contribution < 1.29 is 14.7 Å². The lowest BCUT2D eigenvalue weighted by Gasteiger charge is -2.34. The van der Waals surface area contributed by atoms with Crippen LogP contribution in [0.1, 0.15) is 29.2 Å². The molecule has 1 unspecified atom stereocenters. The van der Waals surface area contributed by atoms with E-state index in [1.54, 1.807) is 11.8 Å². The van der Waals surface area contributed by atoms with Crippen LogP contribution in [0.4, 0.5) is 0 Å². The number of thioether (sulfide) groups is 1. The number of carbonyl (C=O) groups excluding carboxylic acids is 1. The number of aryl methyl sites for hydroxylation is 1. The van der Waals surface area contributed by atoms with E-state index in [1.807, 2.05) is 18.2 Å². The van der Waals surface area contributed by atoms with Crippen LogP contribution >= 0.6 is 11.8 Å². The molecule has 1 saturated carbocycles. The Balaban J connectivity index is 1.63. The summed E-state index contributed by atoms with van der Waals surface area (Å²) in [5.41, 5.74) is 2.36. The summed E-state index contributed by atoms with van der Waals surface area (Å²) in [6, 6.07) is 8.10. The predicted molar refractivity (Wildman–Crippen MR) is 77.6 cm³/mol. The van der Waals surface area contributed by atoms with Crippen LogP contribution in [0.2, 0.25) is 0 Å². The van der Waals surface area contributed by atoms with Gasteiger partial charge in [-0.25, -0.2) is 0 Å². The molecule has 1 fully saturated rings. The summed E-state index contributed by atoms with van der Waals surface area (Å²) in [4.78, 5) is 23.1. The fraction of sp³-hybridized carbons (Fsp3) is 0.467. The Bertz CT molecular complexity index is 540. The first kappa shape index (κ1) is 13.5. The largest absolute Gasteiger partial charge is 0.481 e. The van der Waals surface area contributed by atoms with Crippen molar-refractivity contribution in [2.75, 3.05) is 5.75 Å². The number of amides is 1. The first-order chi connectivity index (χ1) is 9.65. The molecule has 1 heterocycles. The summed E-state index contributed by atoms with van der Waals surface area (Å²) >= 11 is 1.67. The monoisotopic (exact) mass is 291 g/mol. The van der Waals surface area contributed by atoms with Gasteiger partial charge in [-0.05, 0) is 36.1 Å². The van der Waals surface area contributed by atoms with Crippen molar-refractivity contribution in [2.24, 2.45) is 5.92 Å². The van der Waals surface area contributed by atoms with Crippen molar-refractivity contribution in [1.82, 2.24) is 5.32 Å². The minimum absolute atomic E-state index is 0.0241. The van der Waals surface area contributed by atoms with Crippen molar-refractivity contribution in [2.45, 2.75) is 30.6 Å². The van der Waals surface area contributed by atoms with Crippen LogP contribution < -0.4 is 5.32 Å². The molecule has 0 aromatic heterocycles.